The smallest absolute Gasteiger partial charge is 0.226 e. The molecule has 0 saturated carbocycles. The predicted molar refractivity (Wildman–Crippen MR) is 147 cm³/mol. The van der Waals surface area contributed by atoms with Crippen molar-refractivity contribution in [3.8, 4) is 17.1 Å². The molecule has 2 N–H and O–H groups in total. The van der Waals surface area contributed by atoms with Crippen LogP contribution in [0.2, 0.25) is 0 Å². The third kappa shape index (κ3) is 5.68. The fraction of sp³-hybridized carbons (Fsp3) is 0.207. The van der Waals surface area contributed by atoms with Gasteiger partial charge in [-0.15, -0.1) is 0 Å². The van der Waals surface area contributed by atoms with Gasteiger partial charge in [-0.1, -0.05) is 6.07 Å². The number of amides is 1. The molecule has 9 heteroatoms. The fourth-order valence-corrected chi connectivity index (χ4v) is 4.81. The third-order valence-corrected chi connectivity index (χ3v) is 6.63. The van der Waals surface area contributed by atoms with E-state index in [0.717, 1.165) is 22.8 Å². The van der Waals surface area contributed by atoms with Crippen LogP contribution in [0.25, 0.3) is 11.3 Å². The molecule has 0 bridgehead atoms. The van der Waals surface area contributed by atoms with Gasteiger partial charge < -0.3 is 24.7 Å². The number of hydrogen-bond acceptors (Lipinski definition) is 5. The van der Waals surface area contributed by atoms with Crippen LogP contribution in [0.3, 0.4) is 0 Å². The van der Waals surface area contributed by atoms with Crippen molar-refractivity contribution >= 4 is 28.9 Å². The lowest BCUT2D eigenvalue weighted by Gasteiger charge is -2.25. The normalized spacial score (nSPS) is 16.8. The summed E-state index contributed by atoms with van der Waals surface area (Å²) in [4.78, 5) is 19.2. The van der Waals surface area contributed by atoms with Crippen LogP contribution < -0.4 is 15.4 Å². The van der Waals surface area contributed by atoms with Gasteiger partial charge in [0.25, 0.3) is 0 Å². The van der Waals surface area contributed by atoms with Gasteiger partial charge in [0.2, 0.25) is 5.91 Å². The molecule has 2 atom stereocenters. The zero-order chi connectivity index (χ0) is 26.5. The van der Waals surface area contributed by atoms with Crippen molar-refractivity contribution in [1.82, 2.24) is 15.2 Å². The summed E-state index contributed by atoms with van der Waals surface area (Å²) >= 11 is 5.69. The average molecular weight is 531 g/mol. The van der Waals surface area contributed by atoms with E-state index in [4.69, 9.17) is 21.4 Å². The lowest BCUT2D eigenvalue weighted by molar-refractivity contribution is -0.116. The first-order chi connectivity index (χ1) is 18.5. The summed E-state index contributed by atoms with van der Waals surface area (Å²) < 4.78 is 25.1. The van der Waals surface area contributed by atoms with Gasteiger partial charge in [0.15, 0.2) is 5.11 Å². The van der Waals surface area contributed by atoms with Gasteiger partial charge >= 0.3 is 0 Å². The first-order valence-electron chi connectivity index (χ1n) is 12.4. The summed E-state index contributed by atoms with van der Waals surface area (Å²) in [6, 6.07) is 22.4. The van der Waals surface area contributed by atoms with Crippen LogP contribution in [0.5, 0.6) is 5.75 Å². The second-order valence-corrected chi connectivity index (χ2v) is 9.17. The molecule has 0 aliphatic carbocycles. The molecule has 2 aromatic heterocycles. The number of carbonyl (C=O) groups is 1. The molecule has 0 spiro atoms. The number of ether oxygens (including phenoxy) is 1. The lowest BCUT2D eigenvalue weighted by Crippen LogP contribution is -2.32. The van der Waals surface area contributed by atoms with Gasteiger partial charge in [-0.3, -0.25) is 9.78 Å². The molecule has 194 valence electrons. The Bertz CT molecular complexity index is 1390. The van der Waals surface area contributed by atoms with Gasteiger partial charge in [-0.2, -0.15) is 0 Å². The van der Waals surface area contributed by atoms with Crippen LogP contribution in [-0.4, -0.2) is 34.1 Å². The monoisotopic (exact) mass is 530 g/mol. The van der Waals surface area contributed by atoms with E-state index in [1.165, 1.54) is 24.3 Å². The Morgan fingerprint density at radius 3 is 2.61 bits per heavy atom. The van der Waals surface area contributed by atoms with Crippen LogP contribution in [0, 0.1) is 5.82 Å². The van der Waals surface area contributed by atoms with Crippen molar-refractivity contribution in [2.75, 3.05) is 18.5 Å². The topological polar surface area (TPSA) is 79.6 Å². The molecule has 0 unspecified atom stereocenters. The lowest BCUT2D eigenvalue weighted by atomic mass is 10.0. The molecule has 1 saturated heterocycles. The number of benzene rings is 2. The van der Waals surface area contributed by atoms with E-state index < -0.39 is 0 Å². The van der Waals surface area contributed by atoms with E-state index in [2.05, 4.69) is 15.6 Å². The van der Waals surface area contributed by atoms with Crippen molar-refractivity contribution < 1.29 is 18.3 Å². The number of thiocarbonyl (C=S) groups is 1. The van der Waals surface area contributed by atoms with Crippen molar-refractivity contribution in [1.29, 1.82) is 0 Å². The van der Waals surface area contributed by atoms with Crippen LogP contribution in [0.15, 0.2) is 89.5 Å². The Kier molecular flexibility index (Phi) is 7.65. The number of nitrogens with zero attached hydrogens (tertiary/aromatic N) is 2. The summed E-state index contributed by atoms with van der Waals surface area (Å²) in [5.74, 6) is 1.66. The van der Waals surface area contributed by atoms with Gasteiger partial charge in [0.1, 0.15) is 29.1 Å². The number of hydrogen-bond donors (Lipinski definition) is 2. The first-order valence-corrected chi connectivity index (χ1v) is 12.8. The number of rotatable bonds is 9. The Labute approximate surface area is 225 Å². The first kappa shape index (κ1) is 25.4. The molecule has 7 nitrogen and oxygen atoms in total. The van der Waals surface area contributed by atoms with E-state index in [0.29, 0.717) is 29.7 Å². The number of pyridine rings is 1. The van der Waals surface area contributed by atoms with E-state index in [1.807, 2.05) is 66.4 Å². The minimum Gasteiger partial charge on any atom is -0.494 e. The highest BCUT2D eigenvalue weighted by Crippen LogP contribution is 2.40. The maximum absolute atomic E-state index is 13.2. The summed E-state index contributed by atoms with van der Waals surface area (Å²) in [6.07, 6.45) is 1.92. The summed E-state index contributed by atoms with van der Waals surface area (Å²) in [5, 5.41) is 6.68. The largest absolute Gasteiger partial charge is 0.494 e. The molecule has 0 radical (unpaired) electrons. The second-order valence-electron chi connectivity index (χ2n) is 8.78. The number of nitrogens with one attached hydrogen (secondary N) is 2. The molecular formula is C29H27FN4O3S. The average Bonchev–Trinajstić information content (AvgIpc) is 3.54. The van der Waals surface area contributed by atoms with Crippen LogP contribution in [0.4, 0.5) is 10.1 Å². The minimum absolute atomic E-state index is 0.178. The molecule has 38 heavy (non-hydrogen) atoms. The fourth-order valence-electron chi connectivity index (χ4n) is 4.48. The summed E-state index contributed by atoms with van der Waals surface area (Å²) in [5.41, 5.74) is 2.28. The van der Waals surface area contributed by atoms with Crippen LogP contribution in [-0.2, 0) is 4.79 Å². The number of carbonyl (C=O) groups excluding carboxylic acids is 1. The summed E-state index contributed by atoms with van der Waals surface area (Å²) in [7, 11) is 0. The molecule has 1 aliphatic rings. The van der Waals surface area contributed by atoms with Crippen molar-refractivity contribution in [2.45, 2.75) is 25.4 Å². The van der Waals surface area contributed by atoms with Gasteiger partial charge in [-0.25, -0.2) is 4.39 Å². The maximum atomic E-state index is 13.2. The van der Waals surface area contributed by atoms with Gasteiger partial charge in [-0.05, 0) is 91.9 Å². The SMILES string of the molecule is CCOc1ccc(-c2ccc([C@@H]3[C@@H](c4ccccn4)NC(=S)N3CCC(=O)Nc3ccc(F)cc3)o2)cc1. The van der Waals surface area contributed by atoms with E-state index in [9.17, 15) is 9.18 Å². The number of furan rings is 1. The Hall–Kier alpha value is -4.24. The highest BCUT2D eigenvalue weighted by Gasteiger charge is 2.41. The van der Waals surface area contributed by atoms with E-state index in [1.54, 1.807) is 6.20 Å². The highest BCUT2D eigenvalue weighted by atomic mass is 32.1. The zero-order valence-corrected chi connectivity index (χ0v) is 21.6. The summed E-state index contributed by atoms with van der Waals surface area (Å²) in [6.45, 7) is 2.90. The molecule has 4 aromatic rings. The highest BCUT2D eigenvalue weighted by molar-refractivity contribution is 7.80. The number of halogens is 1. The molecular weight excluding hydrogens is 503 g/mol. The zero-order valence-electron chi connectivity index (χ0n) is 20.8. The molecule has 5 rings (SSSR count). The van der Waals surface area contributed by atoms with Crippen molar-refractivity contribution in [3.05, 3.63) is 102 Å². The Morgan fingerprint density at radius 1 is 1.11 bits per heavy atom. The molecule has 3 heterocycles. The standard InChI is InChI=1S/C29H27FN4O3S/c1-2-36-22-12-6-19(7-13-22)24-14-15-25(37-24)28-27(23-5-3-4-17-31-23)33-29(38)34(28)18-16-26(35)32-21-10-8-20(30)9-11-21/h3-15,17,27-28H,2,16,18H2,1H3,(H,32,35)(H,33,38)/t27-,28-/m1/s1. The molecule has 2 aromatic carbocycles. The van der Waals surface area contributed by atoms with Crippen LogP contribution >= 0.6 is 12.2 Å². The van der Waals surface area contributed by atoms with Crippen molar-refractivity contribution in [3.63, 3.8) is 0 Å². The second kappa shape index (κ2) is 11.4. The number of aromatic nitrogens is 1. The van der Waals surface area contributed by atoms with Crippen molar-refractivity contribution in [2.24, 2.45) is 0 Å². The van der Waals surface area contributed by atoms with Crippen LogP contribution in [0.1, 0.15) is 36.9 Å². The minimum atomic E-state index is -0.358. The maximum Gasteiger partial charge on any atom is 0.226 e. The molecule has 1 fully saturated rings. The third-order valence-electron chi connectivity index (χ3n) is 6.27. The molecule has 1 aliphatic heterocycles. The van der Waals surface area contributed by atoms with E-state index in [-0.39, 0.29) is 30.2 Å². The Balaban J connectivity index is 1.37. The van der Waals surface area contributed by atoms with Gasteiger partial charge in [0, 0.05) is 30.4 Å². The Morgan fingerprint density at radius 2 is 1.89 bits per heavy atom. The molecule has 1 amide bonds. The quantitative estimate of drug-likeness (QED) is 0.262. The van der Waals surface area contributed by atoms with E-state index >= 15 is 0 Å². The van der Waals surface area contributed by atoms with Gasteiger partial charge in [0.05, 0.1) is 18.3 Å². The number of anilines is 1. The predicted octanol–water partition coefficient (Wildman–Crippen LogP) is 5.88.